The molecule has 0 fully saturated rings. The highest BCUT2D eigenvalue weighted by molar-refractivity contribution is 5.90. The molecule has 0 heterocycles. The highest BCUT2D eigenvalue weighted by Crippen LogP contribution is 2.04. The number of hydrazone groups is 1. The van der Waals surface area contributed by atoms with Crippen LogP contribution in [0.1, 0.15) is 22.8 Å². The van der Waals surface area contributed by atoms with E-state index in [9.17, 15) is 4.79 Å². The van der Waals surface area contributed by atoms with E-state index >= 15 is 0 Å². The summed E-state index contributed by atoms with van der Waals surface area (Å²) in [7, 11) is 0. The predicted octanol–water partition coefficient (Wildman–Crippen LogP) is 1.18. The number of hydrogen-bond acceptors (Lipinski definition) is 5. The molecule has 0 aromatic heterocycles. The molecule has 0 amide bonds. The van der Waals surface area contributed by atoms with Gasteiger partial charge in [0.05, 0.1) is 18.4 Å². The van der Waals surface area contributed by atoms with Gasteiger partial charge in [0, 0.05) is 0 Å². The minimum absolute atomic E-state index is 0.346. The molecule has 0 unspecified atom stereocenters. The molecule has 0 aliphatic rings. The first kappa shape index (κ1) is 11.2. The Labute approximate surface area is 87.3 Å². The third-order valence-electron chi connectivity index (χ3n) is 1.69. The van der Waals surface area contributed by atoms with Crippen molar-refractivity contribution in [1.82, 2.24) is 5.59 Å². The number of rotatable bonds is 4. The minimum Gasteiger partial charge on any atom is -0.462 e. The Kier molecular flexibility index (Phi) is 4.30. The molecule has 0 aliphatic carbocycles. The second-order valence-corrected chi connectivity index (χ2v) is 2.70. The molecule has 1 rings (SSSR count). The number of benzene rings is 1. The highest BCUT2D eigenvalue weighted by Gasteiger charge is 2.04. The van der Waals surface area contributed by atoms with Gasteiger partial charge < -0.3 is 4.74 Å². The van der Waals surface area contributed by atoms with Crippen LogP contribution in [0.15, 0.2) is 29.4 Å². The number of esters is 1. The molecule has 0 atom stereocenters. The molecule has 0 radical (unpaired) electrons. The smallest absolute Gasteiger partial charge is 0.338 e. The second kappa shape index (κ2) is 5.77. The van der Waals surface area contributed by atoms with E-state index < -0.39 is 0 Å². The van der Waals surface area contributed by atoms with Gasteiger partial charge in [0.1, 0.15) is 0 Å². The number of carbonyl (C=O) groups is 1. The molecule has 1 aromatic rings. The standard InChI is InChI=1S/C10H12N2O3/c1-2-15-10(13)9-5-3-8(4-6-9)7-11-12-14/h3-7,12,14H,2H2,1H3/b11-7+. The van der Waals surface area contributed by atoms with Crippen LogP contribution in [0, 0.1) is 0 Å². The van der Waals surface area contributed by atoms with Gasteiger partial charge in [0.2, 0.25) is 0 Å². The van der Waals surface area contributed by atoms with E-state index in [2.05, 4.69) is 5.10 Å². The Morgan fingerprint density at radius 1 is 1.53 bits per heavy atom. The molecule has 80 valence electrons. The molecule has 0 saturated heterocycles. The van der Waals surface area contributed by atoms with E-state index in [1.165, 1.54) is 6.21 Å². The van der Waals surface area contributed by atoms with Crippen LogP contribution in [-0.2, 0) is 4.74 Å². The van der Waals surface area contributed by atoms with E-state index in [0.29, 0.717) is 12.2 Å². The van der Waals surface area contributed by atoms with E-state index in [-0.39, 0.29) is 5.97 Å². The van der Waals surface area contributed by atoms with Gasteiger partial charge in [-0.1, -0.05) is 12.1 Å². The molecule has 1 aromatic carbocycles. The molecular formula is C10H12N2O3. The Morgan fingerprint density at radius 2 is 2.20 bits per heavy atom. The monoisotopic (exact) mass is 208 g/mol. The van der Waals surface area contributed by atoms with Crippen molar-refractivity contribution in [2.75, 3.05) is 6.61 Å². The van der Waals surface area contributed by atoms with Gasteiger partial charge in [-0.3, -0.25) is 5.21 Å². The maximum atomic E-state index is 11.3. The second-order valence-electron chi connectivity index (χ2n) is 2.70. The van der Waals surface area contributed by atoms with Crippen LogP contribution in [0.3, 0.4) is 0 Å². The summed E-state index contributed by atoms with van der Waals surface area (Å²) in [5, 5.41) is 11.6. The molecule has 5 heteroatoms. The zero-order chi connectivity index (χ0) is 11.1. The third kappa shape index (κ3) is 3.40. The van der Waals surface area contributed by atoms with E-state index in [4.69, 9.17) is 9.94 Å². The summed E-state index contributed by atoms with van der Waals surface area (Å²) < 4.78 is 4.82. The first-order valence-corrected chi connectivity index (χ1v) is 4.47. The lowest BCUT2D eigenvalue weighted by molar-refractivity contribution is 0.0526. The summed E-state index contributed by atoms with van der Waals surface area (Å²) in [6.45, 7) is 2.11. The lowest BCUT2D eigenvalue weighted by atomic mass is 10.1. The maximum Gasteiger partial charge on any atom is 0.338 e. The van der Waals surface area contributed by atoms with Gasteiger partial charge >= 0.3 is 5.97 Å². The van der Waals surface area contributed by atoms with Crippen molar-refractivity contribution in [2.24, 2.45) is 5.10 Å². The van der Waals surface area contributed by atoms with Crippen molar-refractivity contribution in [2.45, 2.75) is 6.92 Å². The fourth-order valence-corrected chi connectivity index (χ4v) is 1.02. The largest absolute Gasteiger partial charge is 0.462 e. The maximum absolute atomic E-state index is 11.3. The van der Waals surface area contributed by atoms with E-state index in [1.54, 1.807) is 36.8 Å². The van der Waals surface area contributed by atoms with Crippen LogP contribution in [-0.4, -0.2) is 24.0 Å². The van der Waals surface area contributed by atoms with Crippen molar-refractivity contribution in [3.63, 3.8) is 0 Å². The summed E-state index contributed by atoms with van der Waals surface area (Å²) in [5.41, 5.74) is 2.91. The Bertz CT molecular complexity index is 346. The third-order valence-corrected chi connectivity index (χ3v) is 1.69. The molecule has 0 aliphatic heterocycles. The van der Waals surface area contributed by atoms with Crippen LogP contribution in [0.4, 0.5) is 0 Å². The summed E-state index contributed by atoms with van der Waals surface area (Å²) in [5.74, 6) is -0.346. The molecule has 2 N–H and O–H groups in total. The van der Waals surface area contributed by atoms with Crippen molar-refractivity contribution in [1.29, 1.82) is 0 Å². The van der Waals surface area contributed by atoms with Crippen LogP contribution in [0.2, 0.25) is 0 Å². The van der Waals surface area contributed by atoms with Crippen molar-refractivity contribution >= 4 is 12.2 Å². The zero-order valence-corrected chi connectivity index (χ0v) is 8.30. The fourth-order valence-electron chi connectivity index (χ4n) is 1.02. The lowest BCUT2D eigenvalue weighted by Crippen LogP contribution is -2.04. The Hall–Kier alpha value is -1.88. The number of ether oxygens (including phenoxy) is 1. The minimum atomic E-state index is -0.346. The Morgan fingerprint density at radius 3 is 2.73 bits per heavy atom. The van der Waals surface area contributed by atoms with Gasteiger partial charge in [-0.15, -0.1) is 0 Å². The molecule has 0 bridgehead atoms. The van der Waals surface area contributed by atoms with Crippen LogP contribution in [0.25, 0.3) is 0 Å². The van der Waals surface area contributed by atoms with Gasteiger partial charge in [-0.2, -0.15) is 10.7 Å². The van der Waals surface area contributed by atoms with Crippen molar-refractivity contribution in [3.8, 4) is 0 Å². The first-order valence-electron chi connectivity index (χ1n) is 4.47. The van der Waals surface area contributed by atoms with Crippen LogP contribution in [0.5, 0.6) is 0 Å². The fraction of sp³-hybridized carbons (Fsp3) is 0.200. The summed E-state index contributed by atoms with van der Waals surface area (Å²) in [4.78, 5) is 11.3. The quantitative estimate of drug-likeness (QED) is 0.442. The van der Waals surface area contributed by atoms with Crippen LogP contribution < -0.4 is 5.59 Å². The number of nitrogens with zero attached hydrogens (tertiary/aromatic N) is 1. The van der Waals surface area contributed by atoms with Crippen molar-refractivity contribution < 1.29 is 14.7 Å². The number of hydrogen-bond donors (Lipinski definition) is 2. The Balaban J connectivity index is 2.71. The number of nitrogens with one attached hydrogen (secondary N) is 1. The molecular weight excluding hydrogens is 196 g/mol. The van der Waals surface area contributed by atoms with Gasteiger partial charge in [-0.25, -0.2) is 4.79 Å². The SMILES string of the molecule is CCOC(=O)c1ccc(/C=N/NO)cc1. The molecule has 0 saturated carbocycles. The zero-order valence-electron chi connectivity index (χ0n) is 8.30. The predicted molar refractivity (Wildman–Crippen MR) is 54.9 cm³/mol. The van der Waals surface area contributed by atoms with E-state index in [0.717, 1.165) is 5.56 Å². The molecule has 15 heavy (non-hydrogen) atoms. The molecule has 0 spiro atoms. The normalized spacial score (nSPS) is 10.3. The van der Waals surface area contributed by atoms with E-state index in [1.807, 2.05) is 0 Å². The van der Waals surface area contributed by atoms with Gasteiger partial charge in [0.15, 0.2) is 0 Å². The van der Waals surface area contributed by atoms with Gasteiger partial charge in [-0.05, 0) is 24.6 Å². The topological polar surface area (TPSA) is 70.9 Å². The number of carbonyl (C=O) groups excluding carboxylic acids is 1. The molecule has 5 nitrogen and oxygen atoms in total. The highest BCUT2D eigenvalue weighted by atomic mass is 16.5. The summed E-state index contributed by atoms with van der Waals surface area (Å²) >= 11 is 0. The lowest BCUT2D eigenvalue weighted by Gasteiger charge is -2.01. The first-order chi connectivity index (χ1) is 7.27. The van der Waals surface area contributed by atoms with Crippen molar-refractivity contribution in [3.05, 3.63) is 35.4 Å². The average molecular weight is 208 g/mol. The average Bonchev–Trinajstić information content (AvgIpc) is 2.27. The summed E-state index contributed by atoms with van der Waals surface area (Å²) in [6.07, 6.45) is 1.43. The summed E-state index contributed by atoms with van der Waals surface area (Å²) in [6, 6.07) is 6.67. The van der Waals surface area contributed by atoms with Gasteiger partial charge in [0.25, 0.3) is 0 Å². The van der Waals surface area contributed by atoms with Crippen LogP contribution >= 0.6 is 0 Å².